The van der Waals surface area contributed by atoms with Crippen molar-refractivity contribution in [1.82, 2.24) is 20.0 Å². The summed E-state index contributed by atoms with van der Waals surface area (Å²) in [5.41, 5.74) is 0.720. The molecule has 0 spiro atoms. The average molecular weight is 343 g/mol. The zero-order chi connectivity index (χ0) is 14.5. The SMILES string of the molecule is CN(C)CCn1ncc(Br)c1C(=O)CC1CCCNC1. The zero-order valence-corrected chi connectivity index (χ0v) is 13.8. The van der Waals surface area contributed by atoms with Crippen molar-refractivity contribution in [3.05, 3.63) is 16.4 Å². The summed E-state index contributed by atoms with van der Waals surface area (Å²) in [6.45, 7) is 3.65. The van der Waals surface area contributed by atoms with Gasteiger partial charge in [-0.2, -0.15) is 5.10 Å². The van der Waals surface area contributed by atoms with Gasteiger partial charge in [0.15, 0.2) is 5.78 Å². The molecule has 5 nitrogen and oxygen atoms in total. The molecule has 0 bridgehead atoms. The molecule has 20 heavy (non-hydrogen) atoms. The van der Waals surface area contributed by atoms with E-state index in [0.717, 1.165) is 42.8 Å². The number of ketones is 1. The topological polar surface area (TPSA) is 50.2 Å². The van der Waals surface area contributed by atoms with E-state index in [9.17, 15) is 4.79 Å². The van der Waals surface area contributed by atoms with E-state index in [4.69, 9.17) is 0 Å². The van der Waals surface area contributed by atoms with Gasteiger partial charge in [0, 0.05) is 13.0 Å². The molecule has 1 aliphatic heterocycles. The Morgan fingerprint density at radius 2 is 2.40 bits per heavy atom. The fraction of sp³-hybridized carbons (Fsp3) is 0.714. The maximum absolute atomic E-state index is 12.5. The third-order valence-corrected chi connectivity index (χ3v) is 4.27. The maximum atomic E-state index is 12.5. The lowest BCUT2D eigenvalue weighted by Crippen LogP contribution is -2.31. The molecule has 0 radical (unpaired) electrons. The number of nitrogens with one attached hydrogen (secondary N) is 1. The average Bonchev–Trinajstić information content (AvgIpc) is 2.78. The lowest BCUT2D eigenvalue weighted by molar-refractivity contribution is 0.0941. The number of hydrogen-bond acceptors (Lipinski definition) is 4. The fourth-order valence-corrected chi connectivity index (χ4v) is 3.08. The van der Waals surface area contributed by atoms with Crippen molar-refractivity contribution in [3.8, 4) is 0 Å². The maximum Gasteiger partial charge on any atom is 0.182 e. The molecular formula is C14H23BrN4O. The molecule has 0 aliphatic carbocycles. The zero-order valence-electron chi connectivity index (χ0n) is 12.2. The van der Waals surface area contributed by atoms with Crippen LogP contribution in [-0.2, 0) is 6.54 Å². The molecule has 1 aliphatic rings. The van der Waals surface area contributed by atoms with Crippen molar-refractivity contribution >= 4 is 21.7 Å². The van der Waals surface area contributed by atoms with Crippen LogP contribution in [0.4, 0.5) is 0 Å². The first kappa shape index (κ1) is 15.7. The monoisotopic (exact) mass is 342 g/mol. The molecule has 6 heteroatoms. The van der Waals surface area contributed by atoms with Gasteiger partial charge in [-0.05, 0) is 61.9 Å². The summed E-state index contributed by atoms with van der Waals surface area (Å²) in [6, 6.07) is 0. The molecule has 0 saturated carbocycles. The second kappa shape index (κ2) is 7.33. The van der Waals surface area contributed by atoms with Crippen LogP contribution in [0.5, 0.6) is 0 Å². The number of carbonyl (C=O) groups is 1. The molecule has 0 amide bonds. The summed E-state index contributed by atoms with van der Waals surface area (Å²) >= 11 is 3.46. The van der Waals surface area contributed by atoms with Crippen molar-refractivity contribution < 1.29 is 4.79 Å². The largest absolute Gasteiger partial charge is 0.316 e. The quantitative estimate of drug-likeness (QED) is 0.800. The summed E-state index contributed by atoms with van der Waals surface area (Å²) in [6.07, 6.45) is 4.64. The number of likely N-dealkylation sites (N-methyl/N-ethyl adjacent to an activating group) is 1. The van der Waals surface area contributed by atoms with Crippen LogP contribution in [0.25, 0.3) is 0 Å². The van der Waals surface area contributed by atoms with E-state index in [1.807, 2.05) is 18.8 Å². The number of hydrogen-bond donors (Lipinski definition) is 1. The molecule has 1 saturated heterocycles. The van der Waals surface area contributed by atoms with Crippen LogP contribution in [0, 0.1) is 5.92 Å². The van der Waals surface area contributed by atoms with Gasteiger partial charge in [0.2, 0.25) is 0 Å². The smallest absolute Gasteiger partial charge is 0.182 e. The van der Waals surface area contributed by atoms with E-state index in [-0.39, 0.29) is 5.78 Å². The number of rotatable bonds is 6. The summed E-state index contributed by atoms with van der Waals surface area (Å²) in [7, 11) is 4.04. The van der Waals surface area contributed by atoms with Gasteiger partial charge in [0.1, 0.15) is 5.69 Å². The molecule has 112 valence electrons. The molecule has 1 unspecified atom stereocenters. The van der Waals surface area contributed by atoms with E-state index < -0.39 is 0 Å². The Hall–Kier alpha value is -0.720. The first-order valence-corrected chi connectivity index (χ1v) is 7.97. The van der Waals surface area contributed by atoms with Crippen molar-refractivity contribution in [1.29, 1.82) is 0 Å². The first-order valence-electron chi connectivity index (χ1n) is 7.18. The standard InChI is InChI=1S/C14H23BrN4O/c1-18(2)6-7-19-14(12(15)10-17-19)13(20)8-11-4-3-5-16-9-11/h10-11,16H,3-9H2,1-2H3. The Balaban J connectivity index is 2.02. The summed E-state index contributed by atoms with van der Waals surface area (Å²) in [5, 5.41) is 7.67. The predicted molar refractivity (Wildman–Crippen MR) is 83.0 cm³/mol. The normalized spacial score (nSPS) is 19.5. The Bertz CT molecular complexity index is 452. The molecule has 2 rings (SSSR count). The number of carbonyl (C=O) groups excluding carboxylic acids is 1. The highest BCUT2D eigenvalue weighted by Gasteiger charge is 2.22. The second-order valence-corrected chi connectivity index (χ2v) is 6.56. The first-order chi connectivity index (χ1) is 9.58. The second-order valence-electron chi connectivity index (χ2n) is 5.71. The van der Waals surface area contributed by atoms with Crippen molar-refractivity contribution in [3.63, 3.8) is 0 Å². The van der Waals surface area contributed by atoms with Crippen molar-refractivity contribution in [2.45, 2.75) is 25.8 Å². The van der Waals surface area contributed by atoms with Gasteiger partial charge in [0.25, 0.3) is 0 Å². The van der Waals surface area contributed by atoms with Gasteiger partial charge in [-0.15, -0.1) is 0 Å². The van der Waals surface area contributed by atoms with Crippen LogP contribution in [0.1, 0.15) is 29.8 Å². The Labute approximate surface area is 128 Å². The summed E-state index contributed by atoms with van der Waals surface area (Å²) in [5.74, 6) is 0.655. The lowest BCUT2D eigenvalue weighted by atomic mass is 9.93. The minimum absolute atomic E-state index is 0.196. The molecule has 1 aromatic heterocycles. The van der Waals surface area contributed by atoms with E-state index in [1.165, 1.54) is 6.42 Å². The van der Waals surface area contributed by atoms with E-state index >= 15 is 0 Å². The van der Waals surface area contributed by atoms with Gasteiger partial charge in [-0.25, -0.2) is 0 Å². The highest BCUT2D eigenvalue weighted by molar-refractivity contribution is 9.10. The van der Waals surface area contributed by atoms with Crippen molar-refractivity contribution in [2.24, 2.45) is 5.92 Å². The number of halogens is 1. The highest BCUT2D eigenvalue weighted by atomic mass is 79.9. The third kappa shape index (κ3) is 4.14. The van der Waals surface area contributed by atoms with E-state index in [1.54, 1.807) is 6.20 Å². The summed E-state index contributed by atoms with van der Waals surface area (Å²) in [4.78, 5) is 14.6. The van der Waals surface area contributed by atoms with Crippen LogP contribution in [-0.4, -0.2) is 54.2 Å². The molecular weight excluding hydrogens is 320 g/mol. The number of nitrogens with zero attached hydrogens (tertiary/aromatic N) is 3. The van der Waals surface area contributed by atoms with Gasteiger partial charge in [-0.3, -0.25) is 9.48 Å². The Morgan fingerprint density at radius 1 is 1.60 bits per heavy atom. The van der Waals surface area contributed by atoms with E-state index in [2.05, 4.69) is 31.2 Å². The van der Waals surface area contributed by atoms with Gasteiger partial charge >= 0.3 is 0 Å². The van der Waals surface area contributed by atoms with Crippen LogP contribution < -0.4 is 5.32 Å². The highest BCUT2D eigenvalue weighted by Crippen LogP contribution is 2.22. The Morgan fingerprint density at radius 3 is 3.05 bits per heavy atom. The van der Waals surface area contributed by atoms with Crippen LogP contribution in [0.3, 0.4) is 0 Å². The van der Waals surface area contributed by atoms with E-state index in [0.29, 0.717) is 12.3 Å². The van der Waals surface area contributed by atoms with Gasteiger partial charge in [0.05, 0.1) is 17.2 Å². The number of piperidine rings is 1. The van der Waals surface area contributed by atoms with Crippen LogP contribution in [0.15, 0.2) is 10.7 Å². The molecule has 1 aromatic rings. The number of Topliss-reactive ketones (excluding diaryl/α,β-unsaturated/α-hetero) is 1. The minimum atomic E-state index is 0.196. The molecule has 2 heterocycles. The van der Waals surface area contributed by atoms with Crippen LogP contribution >= 0.6 is 15.9 Å². The molecule has 1 atom stereocenters. The van der Waals surface area contributed by atoms with Gasteiger partial charge in [-0.1, -0.05) is 0 Å². The van der Waals surface area contributed by atoms with Crippen LogP contribution in [0.2, 0.25) is 0 Å². The lowest BCUT2D eigenvalue weighted by Gasteiger charge is -2.22. The summed E-state index contributed by atoms with van der Waals surface area (Å²) < 4.78 is 2.63. The number of aromatic nitrogens is 2. The fourth-order valence-electron chi connectivity index (χ4n) is 2.56. The Kier molecular flexibility index (Phi) is 5.74. The van der Waals surface area contributed by atoms with Gasteiger partial charge < -0.3 is 10.2 Å². The molecule has 1 N–H and O–H groups in total. The predicted octanol–water partition coefficient (Wildman–Crippen LogP) is 1.78. The third-order valence-electron chi connectivity index (χ3n) is 3.69. The molecule has 0 aromatic carbocycles. The van der Waals surface area contributed by atoms with Crippen molar-refractivity contribution in [2.75, 3.05) is 33.7 Å². The molecule has 1 fully saturated rings. The minimum Gasteiger partial charge on any atom is -0.316 e.